The van der Waals surface area contributed by atoms with Crippen molar-refractivity contribution < 1.29 is 9.84 Å². The van der Waals surface area contributed by atoms with E-state index in [2.05, 4.69) is 19.0 Å². The highest BCUT2D eigenvalue weighted by molar-refractivity contribution is 7.14. The number of hydrogen-bond acceptors (Lipinski definition) is 4. The summed E-state index contributed by atoms with van der Waals surface area (Å²) in [5.41, 5.74) is 2.20. The van der Waals surface area contributed by atoms with Crippen molar-refractivity contribution >= 4 is 11.3 Å². The molecule has 0 unspecified atom stereocenters. The Morgan fingerprint density at radius 3 is 2.45 bits per heavy atom. The van der Waals surface area contributed by atoms with E-state index in [9.17, 15) is 5.11 Å². The zero-order valence-electron chi connectivity index (χ0n) is 12.2. The zero-order chi connectivity index (χ0) is 14.5. The van der Waals surface area contributed by atoms with Crippen LogP contribution in [0.15, 0.2) is 30.3 Å². The lowest BCUT2D eigenvalue weighted by Crippen LogP contribution is -2.15. The second kappa shape index (κ2) is 6.77. The van der Waals surface area contributed by atoms with Crippen LogP contribution >= 0.6 is 11.3 Å². The van der Waals surface area contributed by atoms with Crippen molar-refractivity contribution in [2.24, 2.45) is 0 Å². The first-order valence-electron chi connectivity index (χ1n) is 6.73. The van der Waals surface area contributed by atoms with Crippen LogP contribution in [0.2, 0.25) is 0 Å². The van der Waals surface area contributed by atoms with Crippen molar-refractivity contribution in [2.45, 2.75) is 13.3 Å². The van der Waals surface area contributed by atoms with Crippen LogP contribution in [0.3, 0.4) is 0 Å². The third kappa shape index (κ3) is 3.99. The minimum absolute atomic E-state index is 0.363. The highest BCUT2D eigenvalue weighted by Crippen LogP contribution is 2.35. The van der Waals surface area contributed by atoms with Gasteiger partial charge in [-0.1, -0.05) is 12.1 Å². The normalized spacial score (nSPS) is 11.0. The lowest BCUT2D eigenvalue weighted by molar-refractivity contribution is 0.281. The molecule has 0 bridgehead atoms. The minimum Gasteiger partial charge on any atom is -0.499 e. The summed E-state index contributed by atoms with van der Waals surface area (Å²) in [7, 11) is 4.13. The Morgan fingerprint density at radius 1 is 1.20 bits per heavy atom. The molecule has 0 aliphatic heterocycles. The first kappa shape index (κ1) is 14.9. The van der Waals surface area contributed by atoms with Gasteiger partial charge in [-0.2, -0.15) is 0 Å². The van der Waals surface area contributed by atoms with Crippen molar-refractivity contribution in [3.05, 3.63) is 35.2 Å². The van der Waals surface area contributed by atoms with E-state index in [-0.39, 0.29) is 0 Å². The number of aromatic hydroxyl groups is 1. The molecule has 1 heterocycles. The van der Waals surface area contributed by atoms with Gasteiger partial charge in [0.25, 0.3) is 0 Å². The standard InChI is InChI=1S/C16H21NO2S/c1-12-15(11-16(18)20-12)13-5-7-14(8-6-13)19-10-4-9-17(2)3/h5-8,11,18H,4,9-10H2,1-3H3. The third-order valence-electron chi connectivity index (χ3n) is 3.09. The van der Waals surface area contributed by atoms with E-state index >= 15 is 0 Å². The highest BCUT2D eigenvalue weighted by atomic mass is 32.1. The molecule has 3 nitrogen and oxygen atoms in total. The predicted octanol–water partition coefficient (Wildman–Crippen LogP) is 3.76. The van der Waals surface area contributed by atoms with Crippen molar-refractivity contribution in [3.8, 4) is 21.9 Å². The number of rotatable bonds is 6. The Labute approximate surface area is 124 Å². The maximum atomic E-state index is 9.53. The average molecular weight is 291 g/mol. The summed E-state index contributed by atoms with van der Waals surface area (Å²) in [5.74, 6) is 0.893. The molecule has 0 atom stereocenters. The van der Waals surface area contributed by atoms with Crippen LogP contribution in [0.1, 0.15) is 11.3 Å². The van der Waals surface area contributed by atoms with Gasteiger partial charge in [0.2, 0.25) is 0 Å². The van der Waals surface area contributed by atoms with Gasteiger partial charge in [0.15, 0.2) is 5.06 Å². The molecular formula is C16H21NO2S. The van der Waals surface area contributed by atoms with Crippen molar-refractivity contribution in [3.63, 3.8) is 0 Å². The number of ether oxygens (including phenoxy) is 1. The fourth-order valence-electron chi connectivity index (χ4n) is 2.05. The molecular weight excluding hydrogens is 270 g/mol. The number of thiophene rings is 1. The molecule has 108 valence electrons. The topological polar surface area (TPSA) is 32.7 Å². The fraction of sp³-hybridized carbons (Fsp3) is 0.375. The highest BCUT2D eigenvalue weighted by Gasteiger charge is 2.07. The van der Waals surface area contributed by atoms with Crippen LogP contribution in [0, 0.1) is 6.92 Å². The molecule has 0 aliphatic carbocycles. The number of hydrogen-bond donors (Lipinski definition) is 1. The number of aryl methyl sites for hydroxylation is 1. The Kier molecular flexibility index (Phi) is 5.04. The van der Waals surface area contributed by atoms with Crippen LogP contribution in [0.25, 0.3) is 11.1 Å². The van der Waals surface area contributed by atoms with Crippen LogP contribution in [-0.2, 0) is 0 Å². The summed E-state index contributed by atoms with van der Waals surface area (Å²) in [6.07, 6.45) is 1.02. The van der Waals surface area contributed by atoms with Gasteiger partial charge in [0.05, 0.1) is 6.61 Å². The second-order valence-corrected chi connectivity index (χ2v) is 6.32. The molecule has 1 N–H and O–H groups in total. The van der Waals surface area contributed by atoms with E-state index in [1.807, 2.05) is 37.3 Å². The van der Waals surface area contributed by atoms with Gasteiger partial charge in [-0.05, 0) is 56.8 Å². The van der Waals surface area contributed by atoms with Gasteiger partial charge >= 0.3 is 0 Å². The average Bonchev–Trinajstić information content (AvgIpc) is 2.74. The predicted molar refractivity (Wildman–Crippen MR) is 84.8 cm³/mol. The Hall–Kier alpha value is -1.52. The molecule has 20 heavy (non-hydrogen) atoms. The van der Waals surface area contributed by atoms with Gasteiger partial charge < -0.3 is 14.7 Å². The summed E-state index contributed by atoms with van der Waals surface area (Å²) in [6, 6.07) is 9.86. The van der Waals surface area contributed by atoms with Crippen LogP contribution < -0.4 is 4.74 Å². The molecule has 2 rings (SSSR count). The van der Waals surface area contributed by atoms with Crippen molar-refractivity contribution in [2.75, 3.05) is 27.2 Å². The summed E-state index contributed by atoms with van der Waals surface area (Å²) >= 11 is 1.41. The second-order valence-electron chi connectivity index (χ2n) is 5.08. The smallest absolute Gasteiger partial charge is 0.171 e. The first-order valence-corrected chi connectivity index (χ1v) is 7.55. The zero-order valence-corrected chi connectivity index (χ0v) is 13.0. The number of nitrogens with zero attached hydrogens (tertiary/aromatic N) is 1. The molecule has 1 aromatic heterocycles. The molecule has 0 amide bonds. The van der Waals surface area contributed by atoms with Crippen LogP contribution in [-0.4, -0.2) is 37.3 Å². The molecule has 0 aliphatic rings. The Morgan fingerprint density at radius 2 is 1.90 bits per heavy atom. The van der Waals surface area contributed by atoms with E-state index in [4.69, 9.17) is 4.74 Å². The summed E-state index contributed by atoms with van der Waals surface area (Å²) in [4.78, 5) is 3.28. The fourth-order valence-corrected chi connectivity index (χ4v) is 2.83. The molecule has 0 saturated carbocycles. The SMILES string of the molecule is Cc1sc(O)cc1-c1ccc(OCCCN(C)C)cc1. The van der Waals surface area contributed by atoms with Gasteiger partial charge in [0, 0.05) is 11.4 Å². The lowest BCUT2D eigenvalue weighted by atomic mass is 10.1. The molecule has 0 fully saturated rings. The lowest BCUT2D eigenvalue weighted by Gasteiger charge is -2.10. The van der Waals surface area contributed by atoms with Gasteiger partial charge in [0.1, 0.15) is 5.75 Å². The third-order valence-corrected chi connectivity index (χ3v) is 3.94. The molecule has 4 heteroatoms. The van der Waals surface area contributed by atoms with Gasteiger partial charge in [-0.15, -0.1) is 11.3 Å². The summed E-state index contributed by atoms with van der Waals surface area (Å²) in [6.45, 7) is 3.78. The molecule has 0 radical (unpaired) electrons. The van der Waals surface area contributed by atoms with E-state index in [0.29, 0.717) is 5.06 Å². The number of benzene rings is 1. The maximum absolute atomic E-state index is 9.53. The van der Waals surface area contributed by atoms with Gasteiger partial charge in [-0.25, -0.2) is 0 Å². The Balaban J connectivity index is 1.95. The van der Waals surface area contributed by atoms with Crippen molar-refractivity contribution in [1.82, 2.24) is 4.90 Å². The monoisotopic (exact) mass is 291 g/mol. The molecule has 1 aromatic carbocycles. The Bertz CT molecular complexity index is 546. The van der Waals surface area contributed by atoms with E-state index < -0.39 is 0 Å². The molecule has 0 saturated heterocycles. The first-order chi connectivity index (χ1) is 9.56. The molecule has 2 aromatic rings. The maximum Gasteiger partial charge on any atom is 0.171 e. The van der Waals surface area contributed by atoms with Crippen LogP contribution in [0.4, 0.5) is 0 Å². The minimum atomic E-state index is 0.363. The summed E-state index contributed by atoms with van der Waals surface area (Å²) < 4.78 is 5.71. The van der Waals surface area contributed by atoms with Crippen molar-refractivity contribution in [1.29, 1.82) is 0 Å². The summed E-state index contributed by atoms with van der Waals surface area (Å²) in [5, 5.41) is 9.89. The van der Waals surface area contributed by atoms with E-state index in [1.54, 1.807) is 0 Å². The quantitative estimate of drug-likeness (QED) is 0.823. The largest absolute Gasteiger partial charge is 0.499 e. The van der Waals surface area contributed by atoms with Crippen LogP contribution in [0.5, 0.6) is 10.8 Å². The van der Waals surface area contributed by atoms with Gasteiger partial charge in [-0.3, -0.25) is 0 Å². The van der Waals surface area contributed by atoms with E-state index in [0.717, 1.165) is 41.3 Å². The van der Waals surface area contributed by atoms with E-state index in [1.165, 1.54) is 11.3 Å². The molecule has 0 spiro atoms.